The van der Waals surface area contributed by atoms with E-state index in [1.807, 2.05) is 12.1 Å². The maximum atomic E-state index is 12.1. The second kappa shape index (κ2) is 5.96. The summed E-state index contributed by atoms with van der Waals surface area (Å²) in [5.74, 6) is -0.0608. The lowest BCUT2D eigenvalue weighted by atomic mass is 9.89. The zero-order valence-corrected chi connectivity index (χ0v) is 11.1. The lowest BCUT2D eigenvalue weighted by Crippen LogP contribution is -2.51. The fraction of sp³-hybridized carbons (Fsp3) is 0.571. The monoisotopic (exact) mass is 247 g/mol. The number of carbonyl (C=O) groups is 1. The fourth-order valence-electron chi connectivity index (χ4n) is 2.64. The first kappa shape index (κ1) is 13.0. The summed E-state index contributed by atoms with van der Waals surface area (Å²) in [6.45, 7) is 0. The summed E-state index contributed by atoms with van der Waals surface area (Å²) in [7, 11) is 4.16. The standard InChI is InChI=1S/C14H21N3O/c1-17(2)13-9-4-3-7-11(13)16-14(18)12-8-5-6-10-15-12/h5-6,8,10-11,13H,3-4,7,9H2,1-2H3,(H,16,18). The second-order valence-corrected chi connectivity index (χ2v) is 5.11. The number of nitrogens with one attached hydrogen (secondary N) is 1. The molecule has 2 rings (SSSR count). The molecule has 4 nitrogen and oxygen atoms in total. The van der Waals surface area contributed by atoms with Crippen molar-refractivity contribution in [2.24, 2.45) is 0 Å². The number of likely N-dealkylation sites (N-methyl/N-ethyl adjacent to an activating group) is 1. The maximum Gasteiger partial charge on any atom is 0.270 e. The van der Waals surface area contributed by atoms with E-state index in [4.69, 9.17) is 0 Å². The molecular formula is C14H21N3O. The Kier molecular flexibility index (Phi) is 4.31. The van der Waals surface area contributed by atoms with Gasteiger partial charge in [-0.25, -0.2) is 0 Å². The molecule has 0 bridgehead atoms. The SMILES string of the molecule is CN(C)C1CCCCC1NC(=O)c1ccccn1. The Labute approximate surface area is 108 Å². The van der Waals surface area contributed by atoms with Gasteiger partial charge >= 0.3 is 0 Å². The fourth-order valence-corrected chi connectivity index (χ4v) is 2.64. The zero-order valence-electron chi connectivity index (χ0n) is 11.1. The molecule has 0 aliphatic heterocycles. The molecule has 1 aliphatic carbocycles. The molecule has 0 radical (unpaired) electrons. The van der Waals surface area contributed by atoms with Gasteiger partial charge in [-0.1, -0.05) is 18.9 Å². The van der Waals surface area contributed by atoms with E-state index >= 15 is 0 Å². The molecule has 0 saturated heterocycles. The van der Waals surface area contributed by atoms with Gasteiger partial charge in [0.15, 0.2) is 0 Å². The van der Waals surface area contributed by atoms with E-state index < -0.39 is 0 Å². The Morgan fingerprint density at radius 3 is 2.78 bits per heavy atom. The van der Waals surface area contributed by atoms with Crippen LogP contribution >= 0.6 is 0 Å². The van der Waals surface area contributed by atoms with Crippen LogP contribution in [-0.4, -0.2) is 42.0 Å². The summed E-state index contributed by atoms with van der Waals surface area (Å²) in [6.07, 6.45) is 6.30. The van der Waals surface area contributed by atoms with Gasteiger partial charge in [-0.2, -0.15) is 0 Å². The van der Waals surface area contributed by atoms with Crippen LogP contribution in [-0.2, 0) is 0 Å². The van der Waals surface area contributed by atoms with Crippen molar-refractivity contribution >= 4 is 5.91 Å². The first-order valence-corrected chi connectivity index (χ1v) is 6.57. The van der Waals surface area contributed by atoms with E-state index in [9.17, 15) is 4.79 Å². The molecule has 1 aromatic rings. The number of amides is 1. The van der Waals surface area contributed by atoms with Gasteiger partial charge < -0.3 is 10.2 Å². The lowest BCUT2D eigenvalue weighted by molar-refractivity contribution is 0.0878. The van der Waals surface area contributed by atoms with E-state index in [1.165, 1.54) is 12.8 Å². The average molecular weight is 247 g/mol. The molecule has 1 saturated carbocycles. The van der Waals surface area contributed by atoms with E-state index in [0.717, 1.165) is 12.8 Å². The summed E-state index contributed by atoms with van der Waals surface area (Å²) in [5.41, 5.74) is 0.501. The molecule has 1 fully saturated rings. The highest BCUT2D eigenvalue weighted by atomic mass is 16.1. The van der Waals surface area contributed by atoms with E-state index in [-0.39, 0.29) is 11.9 Å². The molecule has 98 valence electrons. The predicted molar refractivity (Wildman–Crippen MR) is 71.4 cm³/mol. The summed E-state index contributed by atoms with van der Waals surface area (Å²) < 4.78 is 0. The molecule has 0 spiro atoms. The maximum absolute atomic E-state index is 12.1. The summed E-state index contributed by atoms with van der Waals surface area (Å²) in [5, 5.41) is 3.12. The predicted octanol–water partition coefficient (Wildman–Crippen LogP) is 1.68. The van der Waals surface area contributed by atoms with Gasteiger partial charge in [-0.05, 0) is 39.1 Å². The van der Waals surface area contributed by atoms with Gasteiger partial charge in [0, 0.05) is 18.3 Å². The molecule has 2 atom stereocenters. The molecule has 1 aliphatic rings. The van der Waals surface area contributed by atoms with Crippen molar-refractivity contribution in [2.45, 2.75) is 37.8 Å². The summed E-state index contributed by atoms with van der Waals surface area (Å²) >= 11 is 0. The largest absolute Gasteiger partial charge is 0.346 e. The number of rotatable bonds is 3. The van der Waals surface area contributed by atoms with Crippen molar-refractivity contribution in [1.82, 2.24) is 15.2 Å². The van der Waals surface area contributed by atoms with E-state index in [1.54, 1.807) is 12.3 Å². The Morgan fingerprint density at radius 2 is 2.11 bits per heavy atom. The Bertz CT molecular complexity index is 391. The Balaban J connectivity index is 2.01. The second-order valence-electron chi connectivity index (χ2n) is 5.11. The van der Waals surface area contributed by atoms with Gasteiger partial charge in [-0.15, -0.1) is 0 Å². The number of nitrogens with zero attached hydrogens (tertiary/aromatic N) is 2. The normalized spacial score (nSPS) is 23.9. The van der Waals surface area contributed by atoms with Crippen LogP contribution in [0.15, 0.2) is 24.4 Å². The molecule has 1 aromatic heterocycles. The molecular weight excluding hydrogens is 226 g/mol. The van der Waals surface area contributed by atoms with Crippen molar-refractivity contribution in [2.75, 3.05) is 14.1 Å². The zero-order chi connectivity index (χ0) is 13.0. The molecule has 0 aromatic carbocycles. The van der Waals surface area contributed by atoms with Crippen LogP contribution in [0.25, 0.3) is 0 Å². The van der Waals surface area contributed by atoms with Crippen LogP contribution in [0, 0.1) is 0 Å². The van der Waals surface area contributed by atoms with Crippen molar-refractivity contribution in [3.05, 3.63) is 30.1 Å². The highest BCUT2D eigenvalue weighted by molar-refractivity contribution is 5.92. The van der Waals surface area contributed by atoms with Crippen molar-refractivity contribution in [3.63, 3.8) is 0 Å². The van der Waals surface area contributed by atoms with Gasteiger partial charge in [-0.3, -0.25) is 9.78 Å². The quantitative estimate of drug-likeness (QED) is 0.884. The van der Waals surface area contributed by atoms with Crippen molar-refractivity contribution < 1.29 is 4.79 Å². The number of hydrogen-bond donors (Lipinski definition) is 1. The molecule has 1 N–H and O–H groups in total. The van der Waals surface area contributed by atoms with Gasteiger partial charge in [0.1, 0.15) is 5.69 Å². The van der Waals surface area contributed by atoms with Crippen LogP contribution in [0.1, 0.15) is 36.2 Å². The minimum Gasteiger partial charge on any atom is -0.346 e. The first-order valence-electron chi connectivity index (χ1n) is 6.57. The Hall–Kier alpha value is -1.42. The number of aromatic nitrogens is 1. The van der Waals surface area contributed by atoms with Crippen LogP contribution in [0.3, 0.4) is 0 Å². The number of pyridine rings is 1. The molecule has 4 heteroatoms. The lowest BCUT2D eigenvalue weighted by Gasteiger charge is -2.36. The van der Waals surface area contributed by atoms with Crippen molar-refractivity contribution in [3.8, 4) is 0 Å². The summed E-state index contributed by atoms with van der Waals surface area (Å²) in [4.78, 5) is 18.4. The third-order valence-corrected chi connectivity index (χ3v) is 3.61. The molecule has 2 unspecified atom stereocenters. The van der Waals surface area contributed by atoms with Gasteiger partial charge in [0.05, 0.1) is 0 Å². The van der Waals surface area contributed by atoms with Crippen LogP contribution < -0.4 is 5.32 Å². The van der Waals surface area contributed by atoms with E-state index in [0.29, 0.717) is 11.7 Å². The number of carbonyl (C=O) groups excluding carboxylic acids is 1. The highest BCUT2D eigenvalue weighted by Crippen LogP contribution is 2.21. The van der Waals surface area contributed by atoms with Gasteiger partial charge in [0.25, 0.3) is 5.91 Å². The van der Waals surface area contributed by atoms with Crippen LogP contribution in [0.4, 0.5) is 0 Å². The Morgan fingerprint density at radius 1 is 1.33 bits per heavy atom. The van der Waals surface area contributed by atoms with Crippen LogP contribution in [0.5, 0.6) is 0 Å². The third kappa shape index (κ3) is 3.07. The molecule has 1 heterocycles. The van der Waals surface area contributed by atoms with Crippen LogP contribution in [0.2, 0.25) is 0 Å². The smallest absolute Gasteiger partial charge is 0.270 e. The first-order chi connectivity index (χ1) is 8.68. The van der Waals surface area contributed by atoms with Gasteiger partial charge in [0.2, 0.25) is 0 Å². The number of hydrogen-bond acceptors (Lipinski definition) is 3. The van der Waals surface area contributed by atoms with E-state index in [2.05, 4.69) is 29.3 Å². The minimum absolute atomic E-state index is 0.0608. The molecule has 18 heavy (non-hydrogen) atoms. The topological polar surface area (TPSA) is 45.2 Å². The van der Waals surface area contributed by atoms with Crippen molar-refractivity contribution in [1.29, 1.82) is 0 Å². The highest BCUT2D eigenvalue weighted by Gasteiger charge is 2.28. The minimum atomic E-state index is -0.0608. The average Bonchev–Trinajstić information content (AvgIpc) is 2.40. The molecule has 1 amide bonds. The summed E-state index contributed by atoms with van der Waals surface area (Å²) in [6, 6.07) is 6.09. The third-order valence-electron chi connectivity index (χ3n) is 3.61.